The third kappa shape index (κ3) is 4.71. The molecule has 0 aliphatic carbocycles. The van der Waals surface area contributed by atoms with Crippen molar-refractivity contribution in [3.63, 3.8) is 0 Å². The van der Waals surface area contributed by atoms with E-state index in [1.54, 1.807) is 0 Å². The molecule has 3 heterocycles. The summed E-state index contributed by atoms with van der Waals surface area (Å²) in [7, 11) is 0. The molecule has 0 saturated heterocycles. The Bertz CT molecular complexity index is 3030. The normalized spacial score (nSPS) is 11.9. The number of hydrogen-bond acceptors (Lipinski definition) is 1. The van der Waals surface area contributed by atoms with Crippen molar-refractivity contribution in [1.29, 1.82) is 0 Å². The molecule has 0 aliphatic heterocycles. The lowest BCUT2D eigenvalue weighted by Crippen LogP contribution is -1.94. The lowest BCUT2D eigenvalue weighted by molar-refractivity contribution is 1.18. The highest BCUT2D eigenvalue weighted by Gasteiger charge is 2.20. The zero-order valence-corrected chi connectivity index (χ0v) is 29.6. The fourth-order valence-corrected chi connectivity index (χ4v) is 9.19. The van der Waals surface area contributed by atoms with Crippen molar-refractivity contribution in [1.82, 2.24) is 9.13 Å². The number of aryl methyl sites for hydroxylation is 1. The minimum Gasteiger partial charge on any atom is -0.309 e. The summed E-state index contributed by atoms with van der Waals surface area (Å²) in [5.74, 6) is 0. The van der Waals surface area contributed by atoms with E-state index in [2.05, 4.69) is 193 Å². The van der Waals surface area contributed by atoms with E-state index in [4.69, 9.17) is 0 Å². The van der Waals surface area contributed by atoms with Gasteiger partial charge in [0.15, 0.2) is 0 Å². The van der Waals surface area contributed by atoms with Gasteiger partial charge in [0, 0.05) is 47.9 Å². The molecule has 3 heteroatoms. The minimum atomic E-state index is 1.15. The molecule has 0 atom stereocenters. The maximum Gasteiger partial charge on any atom is 0.0548 e. The summed E-state index contributed by atoms with van der Waals surface area (Å²) in [4.78, 5) is 1.31. The smallest absolute Gasteiger partial charge is 0.0548 e. The van der Waals surface area contributed by atoms with Gasteiger partial charge in [0.25, 0.3) is 0 Å². The molecule has 0 unspecified atom stereocenters. The Morgan fingerprint density at radius 1 is 0.481 bits per heavy atom. The summed E-state index contributed by atoms with van der Waals surface area (Å²) in [6.07, 6.45) is 6.15. The fraction of sp³-hybridized carbons (Fsp3) is 0.0204. The van der Waals surface area contributed by atoms with Gasteiger partial charge in [-0.3, -0.25) is 0 Å². The number of benzene rings is 7. The lowest BCUT2D eigenvalue weighted by atomic mass is 9.99. The number of thiophene rings is 1. The molecule has 7 aromatic carbocycles. The Kier molecular flexibility index (Phi) is 7.09. The third-order valence-electron chi connectivity index (χ3n) is 10.4. The number of para-hydroxylation sites is 2. The second kappa shape index (κ2) is 12.1. The van der Waals surface area contributed by atoms with Crippen LogP contribution in [0, 0.1) is 6.92 Å². The topological polar surface area (TPSA) is 9.86 Å². The molecule has 0 saturated carbocycles. The number of nitrogens with zero attached hydrogens (tertiary/aromatic N) is 2. The maximum atomic E-state index is 3.97. The summed E-state index contributed by atoms with van der Waals surface area (Å²) in [5.41, 5.74) is 13.2. The highest BCUT2D eigenvalue weighted by molar-refractivity contribution is 7.19. The van der Waals surface area contributed by atoms with E-state index in [-0.39, 0.29) is 0 Å². The lowest BCUT2D eigenvalue weighted by Gasteiger charge is -2.11. The predicted molar refractivity (Wildman–Crippen MR) is 225 cm³/mol. The molecule has 3 aromatic heterocycles. The van der Waals surface area contributed by atoms with Crippen molar-refractivity contribution in [3.05, 3.63) is 187 Å². The van der Waals surface area contributed by atoms with E-state index >= 15 is 0 Å². The summed E-state index contributed by atoms with van der Waals surface area (Å²) in [6, 6.07) is 57.6. The van der Waals surface area contributed by atoms with Gasteiger partial charge in [-0.1, -0.05) is 116 Å². The number of fused-ring (bicyclic) bond motifs is 8. The van der Waals surface area contributed by atoms with E-state index in [9.17, 15) is 0 Å². The maximum absolute atomic E-state index is 3.97. The standard InChI is InChI=1S/C49H34N2S/c1-3-4-20-39-32(2)52-47-28-27-46-48(49(39)47)42-31-36(24-26-45(42)51(46)38-19-13-16-34(29-38)33-14-7-5-8-15-33)35-23-25-44-41(30-35)40-21-11-12-22-43(40)50(44)37-17-9-6-10-18-37/h3-31H,1H2,2H3/b20-4-. The Morgan fingerprint density at radius 3 is 1.87 bits per heavy atom. The highest BCUT2D eigenvalue weighted by Crippen LogP contribution is 2.44. The molecule has 0 N–H and O–H groups in total. The van der Waals surface area contributed by atoms with Crippen LogP contribution >= 0.6 is 11.3 Å². The molecular formula is C49H34N2S. The quantitative estimate of drug-likeness (QED) is 0.155. The van der Waals surface area contributed by atoms with Crippen LogP contribution in [0.3, 0.4) is 0 Å². The van der Waals surface area contributed by atoms with Crippen molar-refractivity contribution in [2.45, 2.75) is 6.92 Å². The SMILES string of the molecule is C=C/C=C\c1c(C)sc2ccc3c(c4cc(-c5ccc6c(c5)c5ccccc5n6-c5ccccc5)ccc4n3-c3cccc(-c4ccccc4)c3)c12. The van der Waals surface area contributed by atoms with Crippen molar-refractivity contribution in [3.8, 4) is 33.6 Å². The average molecular weight is 683 g/mol. The third-order valence-corrected chi connectivity index (χ3v) is 11.5. The van der Waals surface area contributed by atoms with Crippen molar-refractivity contribution >= 4 is 71.1 Å². The number of hydrogen-bond donors (Lipinski definition) is 0. The van der Waals surface area contributed by atoms with Gasteiger partial charge < -0.3 is 9.13 Å². The van der Waals surface area contributed by atoms with Crippen LogP contribution in [0.2, 0.25) is 0 Å². The highest BCUT2D eigenvalue weighted by atomic mass is 32.1. The Hall–Kier alpha value is -6.42. The second-order valence-electron chi connectivity index (χ2n) is 13.4. The first-order valence-corrected chi connectivity index (χ1v) is 18.5. The fourth-order valence-electron chi connectivity index (χ4n) is 8.13. The predicted octanol–water partition coefficient (Wildman–Crippen LogP) is 13.9. The van der Waals surface area contributed by atoms with Gasteiger partial charge >= 0.3 is 0 Å². The van der Waals surface area contributed by atoms with Crippen LogP contribution in [-0.2, 0) is 0 Å². The van der Waals surface area contributed by atoms with Gasteiger partial charge in [-0.25, -0.2) is 0 Å². The van der Waals surface area contributed by atoms with Crippen LogP contribution in [0.15, 0.2) is 176 Å². The number of allylic oxidation sites excluding steroid dienone is 2. The molecular weight excluding hydrogens is 649 g/mol. The number of aromatic nitrogens is 2. The first-order chi connectivity index (χ1) is 25.7. The molecule has 0 bridgehead atoms. The minimum absolute atomic E-state index is 1.15. The van der Waals surface area contributed by atoms with E-state index < -0.39 is 0 Å². The molecule has 52 heavy (non-hydrogen) atoms. The summed E-state index contributed by atoms with van der Waals surface area (Å²) >= 11 is 1.86. The molecule has 246 valence electrons. The van der Waals surface area contributed by atoms with Crippen molar-refractivity contribution < 1.29 is 0 Å². The molecule has 10 aromatic rings. The van der Waals surface area contributed by atoms with Gasteiger partial charge in [0.2, 0.25) is 0 Å². The molecule has 0 aliphatic rings. The zero-order chi connectivity index (χ0) is 34.8. The largest absolute Gasteiger partial charge is 0.309 e. The zero-order valence-electron chi connectivity index (χ0n) is 28.8. The van der Waals surface area contributed by atoms with Gasteiger partial charge in [0.05, 0.1) is 22.1 Å². The Labute approximate surface area is 306 Å². The van der Waals surface area contributed by atoms with Crippen molar-refractivity contribution in [2.75, 3.05) is 0 Å². The van der Waals surface area contributed by atoms with Gasteiger partial charge in [-0.05, 0) is 101 Å². The summed E-state index contributed by atoms with van der Waals surface area (Å²) in [6.45, 7) is 6.20. The molecule has 2 nitrogen and oxygen atoms in total. The molecule has 0 radical (unpaired) electrons. The van der Waals surface area contributed by atoms with Crippen LogP contribution < -0.4 is 0 Å². The first kappa shape index (κ1) is 30.4. The average Bonchev–Trinajstić information content (AvgIpc) is 3.83. The van der Waals surface area contributed by atoms with Gasteiger partial charge in [-0.15, -0.1) is 11.3 Å². The van der Waals surface area contributed by atoms with E-state index in [1.165, 1.54) is 92.1 Å². The molecule has 0 spiro atoms. The Morgan fingerprint density at radius 2 is 1.08 bits per heavy atom. The number of rotatable bonds is 6. The van der Waals surface area contributed by atoms with Gasteiger partial charge in [-0.2, -0.15) is 0 Å². The second-order valence-corrected chi connectivity index (χ2v) is 14.7. The van der Waals surface area contributed by atoms with Crippen molar-refractivity contribution in [2.24, 2.45) is 0 Å². The van der Waals surface area contributed by atoms with E-state index in [0.717, 1.165) is 5.69 Å². The van der Waals surface area contributed by atoms with Crippen LogP contribution in [0.1, 0.15) is 10.4 Å². The Balaban J connectivity index is 1.24. The van der Waals surface area contributed by atoms with E-state index in [0.29, 0.717) is 0 Å². The van der Waals surface area contributed by atoms with Crippen LogP contribution in [-0.4, -0.2) is 9.13 Å². The van der Waals surface area contributed by atoms with Crippen LogP contribution in [0.25, 0.3) is 93.4 Å². The molecule has 0 fully saturated rings. The van der Waals surface area contributed by atoms with E-state index in [1.807, 2.05) is 17.4 Å². The molecule has 10 rings (SSSR count). The monoisotopic (exact) mass is 682 g/mol. The molecule has 0 amide bonds. The van der Waals surface area contributed by atoms with Crippen LogP contribution in [0.5, 0.6) is 0 Å². The summed E-state index contributed by atoms with van der Waals surface area (Å²) < 4.78 is 6.12. The first-order valence-electron chi connectivity index (χ1n) is 17.7. The van der Waals surface area contributed by atoms with Crippen LogP contribution in [0.4, 0.5) is 0 Å². The summed E-state index contributed by atoms with van der Waals surface area (Å²) in [5, 5.41) is 6.35. The van der Waals surface area contributed by atoms with Gasteiger partial charge in [0.1, 0.15) is 0 Å².